The molecule has 0 aliphatic rings. The fourth-order valence-electron chi connectivity index (χ4n) is 2.43. The van der Waals surface area contributed by atoms with Crippen LogP contribution in [0.1, 0.15) is 24.1 Å². The van der Waals surface area contributed by atoms with Gasteiger partial charge in [0.2, 0.25) is 5.91 Å². The lowest BCUT2D eigenvalue weighted by atomic mass is 10.1. The molecule has 0 fully saturated rings. The van der Waals surface area contributed by atoms with Crippen LogP contribution < -0.4 is 10.6 Å². The molecule has 1 atom stereocenters. The zero-order chi connectivity index (χ0) is 21.4. The minimum Gasteiger partial charge on any atom is -0.350 e. The number of rotatable bonds is 7. The van der Waals surface area contributed by atoms with E-state index in [1.54, 1.807) is 32.3 Å². The van der Waals surface area contributed by atoms with Gasteiger partial charge < -0.3 is 15.5 Å². The Labute approximate surface area is 174 Å². The molecule has 2 aromatic rings. The molecule has 0 heterocycles. The fraction of sp³-hybridized carbons (Fsp3) is 0.300. The van der Waals surface area contributed by atoms with Gasteiger partial charge in [-0.15, -0.1) is 0 Å². The molecule has 2 aromatic carbocycles. The van der Waals surface area contributed by atoms with Crippen LogP contribution in [0, 0.1) is 10.1 Å². The van der Waals surface area contributed by atoms with Gasteiger partial charge in [-0.1, -0.05) is 35.9 Å². The first-order chi connectivity index (χ1) is 13.8. The van der Waals surface area contributed by atoms with Gasteiger partial charge in [0.25, 0.3) is 5.69 Å². The lowest BCUT2D eigenvalue weighted by molar-refractivity contribution is -0.384. The van der Waals surface area contributed by atoms with Gasteiger partial charge in [-0.05, 0) is 30.2 Å². The molecule has 8 nitrogen and oxygen atoms in total. The first-order valence-electron chi connectivity index (χ1n) is 9.00. The lowest BCUT2D eigenvalue weighted by Crippen LogP contribution is -2.43. The fourth-order valence-corrected chi connectivity index (χ4v) is 2.63. The Morgan fingerprint density at radius 1 is 1.24 bits per heavy atom. The van der Waals surface area contributed by atoms with E-state index in [1.165, 1.54) is 17.0 Å². The van der Waals surface area contributed by atoms with E-state index in [2.05, 4.69) is 15.6 Å². The highest BCUT2D eigenvalue weighted by molar-refractivity contribution is 6.30. The Hall–Kier alpha value is -3.13. The molecule has 0 saturated heterocycles. The van der Waals surface area contributed by atoms with E-state index in [0.29, 0.717) is 17.5 Å². The van der Waals surface area contributed by atoms with E-state index < -0.39 is 4.92 Å². The molecule has 29 heavy (non-hydrogen) atoms. The highest BCUT2D eigenvalue weighted by Gasteiger charge is 2.11. The van der Waals surface area contributed by atoms with E-state index >= 15 is 0 Å². The number of guanidine groups is 1. The van der Waals surface area contributed by atoms with E-state index in [4.69, 9.17) is 11.6 Å². The number of nitrogens with zero attached hydrogens (tertiary/aromatic N) is 3. The Morgan fingerprint density at radius 3 is 2.52 bits per heavy atom. The van der Waals surface area contributed by atoms with E-state index in [0.717, 1.165) is 11.1 Å². The highest BCUT2D eigenvalue weighted by atomic mass is 35.5. The molecular weight excluding hydrogens is 394 g/mol. The van der Waals surface area contributed by atoms with Gasteiger partial charge in [-0.2, -0.15) is 0 Å². The molecule has 1 amide bonds. The molecular formula is C20H24ClN5O3. The van der Waals surface area contributed by atoms with Crippen molar-refractivity contribution in [3.05, 3.63) is 74.8 Å². The summed E-state index contributed by atoms with van der Waals surface area (Å²) in [5, 5.41) is 17.7. The molecule has 0 bridgehead atoms. The number of aliphatic imine (C=N–C) groups is 1. The van der Waals surface area contributed by atoms with Crippen molar-refractivity contribution in [1.82, 2.24) is 15.5 Å². The third-order valence-corrected chi connectivity index (χ3v) is 4.41. The van der Waals surface area contributed by atoms with Crippen LogP contribution in [0.5, 0.6) is 0 Å². The van der Waals surface area contributed by atoms with Crippen LogP contribution in [-0.4, -0.2) is 42.3 Å². The SMILES string of the molecule is CC(NC(=NCc1ccc([N+](=O)[O-])cc1)NCC(=O)N(C)C)c1cccc(Cl)c1. The number of nitrogens with one attached hydrogen (secondary N) is 2. The number of non-ortho nitro benzene ring substituents is 1. The third kappa shape index (κ3) is 7.08. The van der Waals surface area contributed by atoms with E-state index in [1.807, 2.05) is 25.1 Å². The van der Waals surface area contributed by atoms with Crippen molar-refractivity contribution >= 4 is 29.2 Å². The first kappa shape index (κ1) is 22.2. The maximum Gasteiger partial charge on any atom is 0.269 e. The van der Waals surface area contributed by atoms with Crippen LogP contribution in [0.2, 0.25) is 5.02 Å². The maximum absolute atomic E-state index is 11.9. The van der Waals surface area contributed by atoms with Crippen molar-refractivity contribution in [2.75, 3.05) is 20.6 Å². The summed E-state index contributed by atoms with van der Waals surface area (Å²) in [7, 11) is 3.36. The monoisotopic (exact) mass is 417 g/mol. The third-order valence-electron chi connectivity index (χ3n) is 4.17. The number of halogens is 1. The summed E-state index contributed by atoms with van der Waals surface area (Å²) >= 11 is 6.07. The normalized spacial score (nSPS) is 12.2. The molecule has 2 N–H and O–H groups in total. The number of carbonyl (C=O) groups is 1. The number of carbonyl (C=O) groups excluding carboxylic acids is 1. The molecule has 0 aliphatic heterocycles. The van der Waals surface area contributed by atoms with Crippen molar-refractivity contribution in [2.45, 2.75) is 19.5 Å². The van der Waals surface area contributed by atoms with Gasteiger partial charge in [-0.25, -0.2) is 4.99 Å². The molecule has 154 valence electrons. The Kier molecular flexibility index (Phi) is 7.97. The predicted octanol–water partition coefficient (Wildman–Crippen LogP) is 3.13. The molecule has 1 unspecified atom stereocenters. The molecule has 9 heteroatoms. The number of hydrogen-bond donors (Lipinski definition) is 2. The average Bonchev–Trinajstić information content (AvgIpc) is 2.69. The second-order valence-corrected chi connectivity index (χ2v) is 7.09. The summed E-state index contributed by atoms with van der Waals surface area (Å²) in [6.07, 6.45) is 0. The van der Waals surface area contributed by atoms with Gasteiger partial charge in [-0.3, -0.25) is 14.9 Å². The van der Waals surface area contributed by atoms with Crippen molar-refractivity contribution < 1.29 is 9.72 Å². The topological polar surface area (TPSA) is 99.9 Å². The van der Waals surface area contributed by atoms with E-state index in [9.17, 15) is 14.9 Å². The number of benzene rings is 2. The van der Waals surface area contributed by atoms with Gasteiger partial charge in [0.15, 0.2) is 5.96 Å². The Morgan fingerprint density at radius 2 is 1.93 bits per heavy atom. The second kappa shape index (κ2) is 10.4. The predicted molar refractivity (Wildman–Crippen MR) is 114 cm³/mol. The van der Waals surface area contributed by atoms with E-state index in [-0.39, 0.29) is 24.2 Å². The van der Waals surface area contributed by atoms with Crippen molar-refractivity contribution in [3.8, 4) is 0 Å². The lowest BCUT2D eigenvalue weighted by Gasteiger charge is -2.20. The van der Waals surface area contributed by atoms with Crippen molar-refractivity contribution in [1.29, 1.82) is 0 Å². The number of likely N-dealkylation sites (N-methyl/N-ethyl adjacent to an activating group) is 1. The summed E-state index contributed by atoms with van der Waals surface area (Å²) < 4.78 is 0. The van der Waals surface area contributed by atoms with Crippen LogP contribution in [0.25, 0.3) is 0 Å². The average molecular weight is 418 g/mol. The number of amides is 1. The number of nitro groups is 1. The van der Waals surface area contributed by atoms with Gasteiger partial charge in [0, 0.05) is 31.3 Å². The second-order valence-electron chi connectivity index (χ2n) is 6.65. The number of hydrogen-bond acceptors (Lipinski definition) is 4. The molecule has 0 radical (unpaired) electrons. The molecule has 0 aromatic heterocycles. The quantitative estimate of drug-likeness (QED) is 0.312. The van der Waals surface area contributed by atoms with Crippen LogP contribution in [0.4, 0.5) is 5.69 Å². The smallest absolute Gasteiger partial charge is 0.269 e. The summed E-state index contributed by atoms with van der Waals surface area (Å²) in [5.74, 6) is 0.358. The van der Waals surface area contributed by atoms with Crippen molar-refractivity contribution in [3.63, 3.8) is 0 Å². The Bertz CT molecular complexity index is 884. The van der Waals surface area contributed by atoms with Crippen LogP contribution in [0.15, 0.2) is 53.5 Å². The van der Waals surface area contributed by atoms with Crippen molar-refractivity contribution in [2.24, 2.45) is 4.99 Å². The highest BCUT2D eigenvalue weighted by Crippen LogP contribution is 2.17. The minimum atomic E-state index is -0.443. The van der Waals surface area contributed by atoms with Crippen LogP contribution in [-0.2, 0) is 11.3 Å². The summed E-state index contributed by atoms with van der Waals surface area (Å²) in [4.78, 5) is 28.3. The first-order valence-corrected chi connectivity index (χ1v) is 9.38. The zero-order valence-corrected chi connectivity index (χ0v) is 17.3. The standard InChI is InChI=1S/C20H24ClN5O3/c1-14(16-5-4-6-17(21)11-16)24-20(23-13-19(27)25(2)3)22-12-15-7-9-18(10-8-15)26(28)29/h4-11,14H,12-13H2,1-3H3,(H2,22,23,24). The molecule has 0 aliphatic carbocycles. The van der Waals surface area contributed by atoms with Gasteiger partial charge >= 0.3 is 0 Å². The summed E-state index contributed by atoms with van der Waals surface area (Å²) in [5.41, 5.74) is 1.81. The van der Waals surface area contributed by atoms with Crippen LogP contribution >= 0.6 is 11.6 Å². The van der Waals surface area contributed by atoms with Gasteiger partial charge in [0.05, 0.1) is 24.1 Å². The Balaban J connectivity index is 2.13. The molecule has 2 rings (SSSR count). The van der Waals surface area contributed by atoms with Crippen LogP contribution in [0.3, 0.4) is 0 Å². The van der Waals surface area contributed by atoms with Gasteiger partial charge in [0.1, 0.15) is 0 Å². The largest absolute Gasteiger partial charge is 0.350 e. The summed E-state index contributed by atoms with van der Waals surface area (Å²) in [6, 6.07) is 13.6. The minimum absolute atomic E-state index is 0.0281. The maximum atomic E-state index is 11.9. The zero-order valence-electron chi connectivity index (χ0n) is 16.6. The summed E-state index contributed by atoms with van der Waals surface area (Å²) in [6.45, 7) is 2.34. The molecule has 0 spiro atoms. The molecule has 0 saturated carbocycles. The number of nitro benzene ring substituents is 1.